The summed E-state index contributed by atoms with van der Waals surface area (Å²) in [5.41, 5.74) is 2.68. The van der Waals surface area contributed by atoms with Gasteiger partial charge in [-0.1, -0.05) is 18.2 Å². The molecule has 0 spiro atoms. The number of ether oxygens (including phenoxy) is 1. The number of para-hydroxylation sites is 2. The zero-order valence-electron chi connectivity index (χ0n) is 16.5. The number of hydrogen-bond acceptors (Lipinski definition) is 5. The Balaban J connectivity index is 1.53. The predicted molar refractivity (Wildman–Crippen MR) is 120 cm³/mol. The Labute approximate surface area is 178 Å². The van der Waals surface area contributed by atoms with Crippen molar-refractivity contribution >= 4 is 45.9 Å². The monoisotopic (exact) mass is 419 g/mol. The molecule has 0 fully saturated rings. The van der Waals surface area contributed by atoms with Crippen LogP contribution in [0.15, 0.2) is 71.0 Å². The minimum atomic E-state index is -0.276. The van der Waals surface area contributed by atoms with E-state index in [2.05, 4.69) is 5.32 Å². The van der Waals surface area contributed by atoms with Crippen molar-refractivity contribution in [2.75, 3.05) is 23.4 Å². The number of anilines is 2. The standard InChI is InChI=1S/C23H21N3O3S/c1-2-29-17-11-9-16(10-12-17)24-22(27)15-26-20-7-4-3-6-18(20)25-19(14-23(26)28)21-8-5-13-30-21/h3-13H,2,14-15H2,1H3,(H,24,27). The molecular formula is C23H21N3O3S. The van der Waals surface area contributed by atoms with Gasteiger partial charge in [-0.2, -0.15) is 0 Å². The molecule has 2 heterocycles. The first-order valence-electron chi connectivity index (χ1n) is 9.67. The third kappa shape index (κ3) is 4.41. The quantitative estimate of drug-likeness (QED) is 0.633. The highest BCUT2D eigenvalue weighted by Gasteiger charge is 2.26. The van der Waals surface area contributed by atoms with E-state index in [1.807, 2.05) is 48.7 Å². The summed E-state index contributed by atoms with van der Waals surface area (Å²) < 4.78 is 5.42. The van der Waals surface area contributed by atoms with Crippen LogP contribution in [0.5, 0.6) is 5.75 Å². The van der Waals surface area contributed by atoms with Gasteiger partial charge in [-0.25, -0.2) is 4.99 Å². The Morgan fingerprint density at radius 3 is 2.67 bits per heavy atom. The van der Waals surface area contributed by atoms with E-state index in [0.29, 0.717) is 23.7 Å². The predicted octanol–water partition coefficient (Wildman–Crippen LogP) is 4.64. The number of nitrogens with zero attached hydrogens (tertiary/aromatic N) is 2. The van der Waals surface area contributed by atoms with E-state index in [1.165, 1.54) is 4.90 Å². The number of rotatable bonds is 6. The molecule has 0 unspecified atom stereocenters. The third-order valence-corrected chi connectivity index (χ3v) is 5.52. The fraction of sp³-hybridized carbons (Fsp3) is 0.174. The fourth-order valence-electron chi connectivity index (χ4n) is 3.25. The average Bonchev–Trinajstić information content (AvgIpc) is 3.24. The molecule has 0 atom stereocenters. The van der Waals surface area contributed by atoms with Crippen LogP contribution in [0, 0.1) is 0 Å². The van der Waals surface area contributed by atoms with Gasteiger partial charge < -0.3 is 15.0 Å². The summed E-state index contributed by atoms with van der Waals surface area (Å²) in [6.45, 7) is 2.41. The van der Waals surface area contributed by atoms with Gasteiger partial charge in [0.2, 0.25) is 11.8 Å². The Hall–Kier alpha value is -3.45. The lowest BCUT2D eigenvalue weighted by atomic mass is 10.2. The number of fused-ring (bicyclic) bond motifs is 1. The number of aliphatic imine (C=N–C) groups is 1. The molecule has 2 aromatic carbocycles. The highest BCUT2D eigenvalue weighted by atomic mass is 32.1. The van der Waals surface area contributed by atoms with Crippen molar-refractivity contribution in [2.45, 2.75) is 13.3 Å². The van der Waals surface area contributed by atoms with Crippen molar-refractivity contribution in [1.82, 2.24) is 0 Å². The second-order valence-corrected chi connectivity index (χ2v) is 7.63. The van der Waals surface area contributed by atoms with Crippen LogP contribution in [0.3, 0.4) is 0 Å². The van der Waals surface area contributed by atoms with E-state index in [9.17, 15) is 9.59 Å². The number of carbonyl (C=O) groups excluding carboxylic acids is 2. The summed E-state index contributed by atoms with van der Waals surface area (Å²) in [7, 11) is 0. The van der Waals surface area contributed by atoms with Gasteiger partial charge in [-0.15, -0.1) is 11.3 Å². The lowest BCUT2D eigenvalue weighted by Crippen LogP contribution is -2.38. The van der Waals surface area contributed by atoms with Gasteiger partial charge >= 0.3 is 0 Å². The summed E-state index contributed by atoms with van der Waals surface area (Å²) in [6.07, 6.45) is 0.144. The van der Waals surface area contributed by atoms with Crippen LogP contribution in [-0.2, 0) is 9.59 Å². The molecule has 1 N–H and O–H groups in total. The van der Waals surface area contributed by atoms with Crippen molar-refractivity contribution in [1.29, 1.82) is 0 Å². The van der Waals surface area contributed by atoms with Crippen LogP contribution in [0.25, 0.3) is 0 Å². The lowest BCUT2D eigenvalue weighted by molar-refractivity contribution is -0.120. The Kier molecular flexibility index (Phi) is 5.90. The topological polar surface area (TPSA) is 71.0 Å². The van der Waals surface area contributed by atoms with Crippen LogP contribution in [0.1, 0.15) is 18.2 Å². The maximum Gasteiger partial charge on any atom is 0.244 e. The van der Waals surface area contributed by atoms with Gasteiger partial charge in [0.05, 0.1) is 30.1 Å². The number of thiophene rings is 1. The second-order valence-electron chi connectivity index (χ2n) is 6.69. The molecule has 4 rings (SSSR count). The van der Waals surface area contributed by atoms with Gasteiger partial charge in [0, 0.05) is 10.6 Å². The van der Waals surface area contributed by atoms with Crippen LogP contribution >= 0.6 is 11.3 Å². The zero-order chi connectivity index (χ0) is 20.9. The van der Waals surface area contributed by atoms with Gasteiger partial charge in [0.1, 0.15) is 12.3 Å². The Morgan fingerprint density at radius 1 is 1.13 bits per heavy atom. The smallest absolute Gasteiger partial charge is 0.244 e. The first-order chi connectivity index (χ1) is 14.6. The van der Waals surface area contributed by atoms with E-state index in [1.54, 1.807) is 35.6 Å². The SMILES string of the molecule is CCOc1ccc(NC(=O)CN2C(=O)CC(c3cccs3)=Nc3ccccc32)cc1. The van der Waals surface area contributed by atoms with Crippen LogP contribution < -0.4 is 15.0 Å². The highest BCUT2D eigenvalue weighted by Crippen LogP contribution is 2.33. The normalized spacial score (nSPS) is 13.3. The minimum Gasteiger partial charge on any atom is -0.494 e. The average molecular weight is 420 g/mol. The first-order valence-corrected chi connectivity index (χ1v) is 10.6. The van der Waals surface area contributed by atoms with Crippen molar-refractivity contribution in [3.63, 3.8) is 0 Å². The molecule has 0 saturated carbocycles. The lowest BCUT2D eigenvalue weighted by Gasteiger charge is -2.22. The fourth-order valence-corrected chi connectivity index (χ4v) is 3.96. The molecule has 3 aromatic rings. The number of nitrogens with one attached hydrogen (secondary N) is 1. The molecule has 7 heteroatoms. The molecule has 2 amide bonds. The Morgan fingerprint density at radius 2 is 1.93 bits per heavy atom. The summed E-state index contributed by atoms with van der Waals surface area (Å²) in [5.74, 6) is 0.307. The summed E-state index contributed by atoms with van der Waals surface area (Å²) in [4.78, 5) is 32.9. The molecule has 152 valence electrons. The van der Waals surface area contributed by atoms with Crippen molar-refractivity contribution in [3.05, 3.63) is 70.9 Å². The minimum absolute atomic E-state index is 0.0870. The van der Waals surface area contributed by atoms with E-state index in [0.717, 1.165) is 16.3 Å². The first kappa shape index (κ1) is 19.8. The van der Waals surface area contributed by atoms with Crippen LogP contribution in [0.4, 0.5) is 17.1 Å². The largest absolute Gasteiger partial charge is 0.494 e. The molecule has 0 radical (unpaired) electrons. The van der Waals surface area contributed by atoms with Crippen LogP contribution in [-0.4, -0.2) is 30.7 Å². The second kappa shape index (κ2) is 8.92. The summed E-state index contributed by atoms with van der Waals surface area (Å²) >= 11 is 1.55. The molecular weight excluding hydrogens is 398 g/mol. The van der Waals surface area contributed by atoms with Crippen molar-refractivity contribution < 1.29 is 14.3 Å². The van der Waals surface area contributed by atoms with E-state index >= 15 is 0 Å². The molecule has 6 nitrogen and oxygen atoms in total. The summed E-state index contributed by atoms with van der Waals surface area (Å²) in [6, 6.07) is 18.4. The highest BCUT2D eigenvalue weighted by molar-refractivity contribution is 7.12. The molecule has 1 aliphatic rings. The molecule has 0 aliphatic carbocycles. The molecule has 1 aliphatic heterocycles. The maximum absolute atomic E-state index is 13.0. The maximum atomic E-state index is 13.0. The zero-order valence-corrected chi connectivity index (χ0v) is 17.3. The van der Waals surface area contributed by atoms with Gasteiger partial charge in [0.15, 0.2) is 0 Å². The number of hydrogen-bond donors (Lipinski definition) is 1. The third-order valence-electron chi connectivity index (χ3n) is 4.60. The van der Waals surface area contributed by atoms with Crippen LogP contribution in [0.2, 0.25) is 0 Å². The van der Waals surface area contributed by atoms with Crippen molar-refractivity contribution in [2.24, 2.45) is 4.99 Å². The van der Waals surface area contributed by atoms with E-state index < -0.39 is 0 Å². The molecule has 0 saturated heterocycles. The molecule has 30 heavy (non-hydrogen) atoms. The van der Waals surface area contributed by atoms with Gasteiger partial charge in [-0.05, 0) is 54.8 Å². The van der Waals surface area contributed by atoms with Crippen molar-refractivity contribution in [3.8, 4) is 5.75 Å². The number of carbonyl (C=O) groups is 2. The Bertz CT molecular complexity index is 1080. The van der Waals surface area contributed by atoms with Gasteiger partial charge in [-0.3, -0.25) is 9.59 Å². The number of benzene rings is 2. The summed E-state index contributed by atoms with van der Waals surface area (Å²) in [5, 5.41) is 4.80. The van der Waals surface area contributed by atoms with E-state index in [4.69, 9.17) is 9.73 Å². The van der Waals surface area contributed by atoms with Gasteiger partial charge in [0.25, 0.3) is 0 Å². The molecule has 0 bridgehead atoms. The van der Waals surface area contributed by atoms with E-state index in [-0.39, 0.29) is 24.8 Å². The number of amides is 2. The molecule has 1 aromatic heterocycles.